The molecule has 3 atom stereocenters. The first-order valence-electron chi connectivity index (χ1n) is 7.90. The lowest BCUT2D eigenvalue weighted by atomic mass is 10.00. The van der Waals surface area contributed by atoms with Crippen LogP contribution in [0.3, 0.4) is 0 Å². The molecule has 0 aromatic heterocycles. The summed E-state index contributed by atoms with van der Waals surface area (Å²) in [5.74, 6) is -0.235. The maximum Gasteiger partial charge on any atom is 0.228 e. The van der Waals surface area contributed by atoms with E-state index in [-0.39, 0.29) is 29.5 Å². The van der Waals surface area contributed by atoms with E-state index < -0.39 is 0 Å². The number of carbonyl (C=O) groups excluding carboxylic acids is 2. The second-order valence-corrected chi connectivity index (χ2v) is 6.48. The number of nitrogens with zero attached hydrogens (tertiary/aromatic N) is 1. The smallest absolute Gasteiger partial charge is 0.228 e. The Kier molecular flexibility index (Phi) is 4.14. The molecule has 0 spiro atoms. The monoisotopic (exact) mass is 304 g/mol. The van der Waals surface area contributed by atoms with E-state index in [0.717, 1.165) is 19.5 Å². The first-order chi connectivity index (χ1) is 10.5. The fourth-order valence-corrected chi connectivity index (χ4v) is 3.15. The third-order valence-electron chi connectivity index (χ3n) is 4.52. The lowest BCUT2D eigenvalue weighted by Gasteiger charge is -2.31. The number of halogens is 1. The third-order valence-corrected chi connectivity index (χ3v) is 4.52. The van der Waals surface area contributed by atoms with Gasteiger partial charge in [-0.25, -0.2) is 4.39 Å². The van der Waals surface area contributed by atoms with Crippen LogP contribution in [0, 0.1) is 23.6 Å². The Morgan fingerprint density at radius 1 is 1.23 bits per heavy atom. The van der Waals surface area contributed by atoms with Crippen molar-refractivity contribution in [2.75, 3.05) is 18.4 Å². The van der Waals surface area contributed by atoms with Gasteiger partial charge in [-0.05, 0) is 49.4 Å². The summed E-state index contributed by atoms with van der Waals surface area (Å²) in [6.07, 6.45) is 2.84. The predicted octanol–water partition coefficient (Wildman–Crippen LogP) is 2.66. The molecule has 118 valence electrons. The number of amides is 2. The standard InChI is InChI=1S/C17H21FN2O2/c1-11-3-2-8-20(10-11)17(22)15-9-14(15)16(21)19-13-6-4-12(18)5-7-13/h4-7,11,14-15H,2-3,8-10H2,1H3,(H,19,21). The minimum Gasteiger partial charge on any atom is -0.342 e. The molecule has 1 N–H and O–H groups in total. The summed E-state index contributed by atoms with van der Waals surface area (Å²) in [4.78, 5) is 26.5. The highest BCUT2D eigenvalue weighted by Gasteiger charge is 2.49. The predicted molar refractivity (Wildman–Crippen MR) is 81.6 cm³/mol. The van der Waals surface area contributed by atoms with Gasteiger partial charge in [0.05, 0.1) is 11.8 Å². The van der Waals surface area contributed by atoms with E-state index in [2.05, 4.69) is 12.2 Å². The highest BCUT2D eigenvalue weighted by atomic mass is 19.1. The highest BCUT2D eigenvalue weighted by Crippen LogP contribution is 2.41. The van der Waals surface area contributed by atoms with Crippen LogP contribution < -0.4 is 5.32 Å². The molecule has 3 unspecified atom stereocenters. The zero-order valence-electron chi connectivity index (χ0n) is 12.7. The fourth-order valence-electron chi connectivity index (χ4n) is 3.15. The van der Waals surface area contributed by atoms with Crippen molar-refractivity contribution in [3.05, 3.63) is 30.1 Å². The molecule has 4 nitrogen and oxygen atoms in total. The summed E-state index contributed by atoms with van der Waals surface area (Å²) in [6.45, 7) is 3.78. The first kappa shape index (κ1) is 15.0. The molecule has 0 radical (unpaired) electrons. The molecule has 1 aliphatic carbocycles. The summed E-state index contributed by atoms with van der Waals surface area (Å²) in [7, 11) is 0. The number of likely N-dealkylation sites (tertiary alicyclic amines) is 1. The molecule has 1 saturated heterocycles. The van der Waals surface area contributed by atoms with Gasteiger partial charge in [-0.1, -0.05) is 6.92 Å². The number of hydrogen-bond acceptors (Lipinski definition) is 2. The second-order valence-electron chi connectivity index (χ2n) is 6.48. The maximum atomic E-state index is 12.8. The van der Waals surface area contributed by atoms with E-state index in [1.165, 1.54) is 30.7 Å². The number of anilines is 1. The van der Waals surface area contributed by atoms with Crippen molar-refractivity contribution < 1.29 is 14.0 Å². The van der Waals surface area contributed by atoms with Crippen LogP contribution in [0.2, 0.25) is 0 Å². The molecule has 1 aromatic rings. The molecular weight excluding hydrogens is 283 g/mol. The van der Waals surface area contributed by atoms with Gasteiger partial charge in [-0.3, -0.25) is 9.59 Å². The molecular formula is C17H21FN2O2. The van der Waals surface area contributed by atoms with Gasteiger partial charge in [-0.15, -0.1) is 0 Å². The topological polar surface area (TPSA) is 49.4 Å². The van der Waals surface area contributed by atoms with Crippen LogP contribution in [0.25, 0.3) is 0 Å². The van der Waals surface area contributed by atoms with E-state index in [4.69, 9.17) is 0 Å². The first-order valence-corrected chi connectivity index (χ1v) is 7.90. The number of carbonyl (C=O) groups is 2. The Balaban J connectivity index is 1.53. The van der Waals surface area contributed by atoms with Crippen LogP contribution in [-0.2, 0) is 9.59 Å². The van der Waals surface area contributed by atoms with Crippen LogP contribution in [0.1, 0.15) is 26.2 Å². The highest BCUT2D eigenvalue weighted by molar-refractivity contribution is 5.99. The summed E-state index contributed by atoms with van der Waals surface area (Å²) in [5, 5.41) is 2.75. The van der Waals surface area contributed by atoms with E-state index in [0.29, 0.717) is 18.0 Å². The van der Waals surface area contributed by atoms with Gasteiger partial charge in [0.1, 0.15) is 5.82 Å². The van der Waals surface area contributed by atoms with Crippen molar-refractivity contribution in [1.29, 1.82) is 0 Å². The van der Waals surface area contributed by atoms with Gasteiger partial charge in [0.25, 0.3) is 0 Å². The number of hydrogen-bond donors (Lipinski definition) is 1. The fraction of sp³-hybridized carbons (Fsp3) is 0.529. The van der Waals surface area contributed by atoms with Crippen molar-refractivity contribution in [1.82, 2.24) is 4.90 Å². The quantitative estimate of drug-likeness (QED) is 0.933. The number of piperidine rings is 1. The van der Waals surface area contributed by atoms with Gasteiger partial charge in [0.2, 0.25) is 11.8 Å². The van der Waals surface area contributed by atoms with Crippen LogP contribution in [0.4, 0.5) is 10.1 Å². The molecule has 1 aromatic carbocycles. The van der Waals surface area contributed by atoms with Crippen molar-refractivity contribution in [3.63, 3.8) is 0 Å². The summed E-state index contributed by atoms with van der Waals surface area (Å²) >= 11 is 0. The second kappa shape index (κ2) is 6.07. The van der Waals surface area contributed by atoms with E-state index in [1.807, 2.05) is 4.90 Å². The Morgan fingerprint density at radius 2 is 1.95 bits per heavy atom. The summed E-state index contributed by atoms with van der Waals surface area (Å²) in [5.41, 5.74) is 0.566. The van der Waals surface area contributed by atoms with E-state index in [9.17, 15) is 14.0 Å². The minimum atomic E-state index is -0.336. The molecule has 0 bridgehead atoms. The molecule has 1 aliphatic heterocycles. The van der Waals surface area contributed by atoms with Crippen molar-refractivity contribution >= 4 is 17.5 Å². The molecule has 5 heteroatoms. The number of benzene rings is 1. The maximum absolute atomic E-state index is 12.8. The Labute approximate surface area is 129 Å². The Morgan fingerprint density at radius 3 is 2.64 bits per heavy atom. The molecule has 22 heavy (non-hydrogen) atoms. The van der Waals surface area contributed by atoms with Crippen molar-refractivity contribution in [2.24, 2.45) is 17.8 Å². The van der Waals surface area contributed by atoms with Crippen molar-refractivity contribution in [2.45, 2.75) is 26.2 Å². The Hall–Kier alpha value is -1.91. The van der Waals surface area contributed by atoms with Crippen molar-refractivity contribution in [3.8, 4) is 0 Å². The zero-order chi connectivity index (χ0) is 15.7. The largest absolute Gasteiger partial charge is 0.342 e. The third kappa shape index (κ3) is 3.29. The van der Waals surface area contributed by atoms with Gasteiger partial charge < -0.3 is 10.2 Å². The van der Waals surface area contributed by atoms with Crippen LogP contribution in [-0.4, -0.2) is 29.8 Å². The molecule has 2 fully saturated rings. The molecule has 3 rings (SSSR count). The molecule has 2 amide bonds. The van der Waals surface area contributed by atoms with Gasteiger partial charge in [0.15, 0.2) is 0 Å². The summed E-state index contributed by atoms with van der Waals surface area (Å²) in [6, 6.07) is 5.66. The normalized spacial score (nSPS) is 27.4. The molecule has 1 heterocycles. The van der Waals surface area contributed by atoms with E-state index in [1.54, 1.807) is 0 Å². The lowest BCUT2D eigenvalue weighted by molar-refractivity contribution is -0.135. The average Bonchev–Trinajstić information content (AvgIpc) is 3.29. The van der Waals surface area contributed by atoms with Crippen LogP contribution in [0.5, 0.6) is 0 Å². The van der Waals surface area contributed by atoms with Crippen LogP contribution in [0.15, 0.2) is 24.3 Å². The van der Waals surface area contributed by atoms with E-state index >= 15 is 0 Å². The average molecular weight is 304 g/mol. The molecule has 2 aliphatic rings. The number of nitrogens with one attached hydrogen (secondary N) is 1. The Bertz CT molecular complexity index is 573. The zero-order valence-corrected chi connectivity index (χ0v) is 12.7. The van der Waals surface area contributed by atoms with Gasteiger partial charge >= 0.3 is 0 Å². The van der Waals surface area contributed by atoms with Gasteiger partial charge in [0, 0.05) is 18.8 Å². The lowest BCUT2D eigenvalue weighted by Crippen LogP contribution is -2.40. The summed E-state index contributed by atoms with van der Waals surface area (Å²) < 4.78 is 12.8. The number of rotatable bonds is 3. The van der Waals surface area contributed by atoms with Crippen LogP contribution >= 0.6 is 0 Å². The van der Waals surface area contributed by atoms with Gasteiger partial charge in [-0.2, -0.15) is 0 Å². The minimum absolute atomic E-state index is 0.116. The SMILES string of the molecule is CC1CCCN(C(=O)C2CC2C(=O)Nc2ccc(F)cc2)C1. The molecule has 1 saturated carbocycles.